The smallest absolute Gasteiger partial charge is 0.323 e. The van der Waals surface area contributed by atoms with Crippen molar-refractivity contribution in [2.45, 2.75) is 32.2 Å². The molecule has 1 unspecified atom stereocenters. The van der Waals surface area contributed by atoms with Gasteiger partial charge in [-0.15, -0.1) is 0 Å². The lowest BCUT2D eigenvalue weighted by molar-refractivity contribution is -0.134. The molecule has 172 valence electrons. The van der Waals surface area contributed by atoms with Crippen LogP contribution in [0.5, 0.6) is 0 Å². The summed E-state index contributed by atoms with van der Waals surface area (Å²) in [5.41, 5.74) is 3.77. The van der Waals surface area contributed by atoms with E-state index in [4.69, 9.17) is 0 Å². The Morgan fingerprint density at radius 1 is 1.03 bits per heavy atom. The number of aromatic nitrogens is 1. The van der Waals surface area contributed by atoms with Gasteiger partial charge in [-0.25, -0.2) is 9.78 Å². The predicted molar refractivity (Wildman–Crippen MR) is 130 cm³/mol. The van der Waals surface area contributed by atoms with Gasteiger partial charge < -0.3 is 10.6 Å². The van der Waals surface area contributed by atoms with Crippen molar-refractivity contribution in [2.24, 2.45) is 5.92 Å². The minimum Gasteiger partial charge on any atom is -0.323 e. The van der Waals surface area contributed by atoms with Crippen LogP contribution in [0.25, 0.3) is 22.4 Å². The average Bonchev–Trinajstić information content (AvgIpc) is 3.66. The molecule has 1 aliphatic carbocycles. The number of carbonyl (C=O) groups is 3. The number of carbonyl (C=O) groups excluding carboxylic acids is 3. The van der Waals surface area contributed by atoms with Gasteiger partial charge >= 0.3 is 6.03 Å². The van der Waals surface area contributed by atoms with Gasteiger partial charge in [-0.1, -0.05) is 60.2 Å². The van der Waals surface area contributed by atoms with Crippen molar-refractivity contribution in [3.8, 4) is 22.4 Å². The topological polar surface area (TPSA) is 91.4 Å². The molecule has 0 radical (unpaired) electrons. The predicted octanol–water partition coefficient (Wildman–Crippen LogP) is 4.38. The molecule has 34 heavy (non-hydrogen) atoms. The van der Waals surface area contributed by atoms with Crippen LogP contribution in [-0.4, -0.2) is 39.8 Å². The molecule has 1 saturated carbocycles. The maximum atomic E-state index is 12.9. The molecule has 1 atom stereocenters. The van der Waals surface area contributed by atoms with Crippen LogP contribution in [0.15, 0.2) is 66.7 Å². The van der Waals surface area contributed by atoms with Gasteiger partial charge in [0, 0.05) is 5.56 Å². The van der Waals surface area contributed by atoms with Crippen molar-refractivity contribution < 1.29 is 14.4 Å². The summed E-state index contributed by atoms with van der Waals surface area (Å²) in [6, 6.07) is 21.1. The number of aryl methyl sites for hydroxylation is 1. The van der Waals surface area contributed by atoms with E-state index < -0.39 is 17.5 Å². The van der Waals surface area contributed by atoms with Crippen LogP contribution in [0.3, 0.4) is 0 Å². The van der Waals surface area contributed by atoms with Gasteiger partial charge in [-0.3, -0.25) is 14.5 Å². The Balaban J connectivity index is 1.41. The first-order chi connectivity index (χ1) is 16.3. The number of anilines is 1. The van der Waals surface area contributed by atoms with E-state index in [1.807, 2.05) is 67.6 Å². The van der Waals surface area contributed by atoms with Crippen molar-refractivity contribution in [1.29, 1.82) is 0 Å². The molecule has 3 aromatic rings. The monoisotopic (exact) mass is 454 g/mol. The normalized spacial score (nSPS) is 19.8. The summed E-state index contributed by atoms with van der Waals surface area (Å²) in [4.78, 5) is 43.8. The number of urea groups is 1. The molecular weight excluding hydrogens is 428 g/mol. The second-order valence-electron chi connectivity index (χ2n) is 9.20. The van der Waals surface area contributed by atoms with Crippen LogP contribution in [0.2, 0.25) is 0 Å². The fourth-order valence-corrected chi connectivity index (χ4v) is 4.39. The van der Waals surface area contributed by atoms with E-state index in [2.05, 4.69) is 15.6 Å². The molecule has 7 nitrogen and oxygen atoms in total. The van der Waals surface area contributed by atoms with Crippen molar-refractivity contribution in [2.75, 3.05) is 11.9 Å². The Bertz CT molecular complexity index is 1270. The van der Waals surface area contributed by atoms with Crippen molar-refractivity contribution >= 4 is 23.7 Å². The van der Waals surface area contributed by atoms with Crippen LogP contribution < -0.4 is 10.6 Å². The molecule has 1 aromatic heterocycles. The van der Waals surface area contributed by atoms with Gasteiger partial charge in [0.05, 0.1) is 5.69 Å². The Morgan fingerprint density at radius 3 is 2.41 bits per heavy atom. The minimum absolute atomic E-state index is 0.137. The summed E-state index contributed by atoms with van der Waals surface area (Å²) in [5.74, 6) is -0.324. The number of hydrogen-bond acceptors (Lipinski definition) is 4. The van der Waals surface area contributed by atoms with Gasteiger partial charge in [0.15, 0.2) is 0 Å². The molecule has 5 rings (SSSR count). The summed E-state index contributed by atoms with van der Waals surface area (Å²) >= 11 is 0. The Kier molecular flexibility index (Phi) is 5.40. The summed E-state index contributed by atoms with van der Waals surface area (Å²) < 4.78 is 0. The molecule has 0 bridgehead atoms. The number of imide groups is 1. The highest BCUT2D eigenvalue weighted by Crippen LogP contribution is 2.42. The van der Waals surface area contributed by atoms with Gasteiger partial charge in [-0.2, -0.15) is 0 Å². The molecule has 2 aliphatic rings. The second kappa shape index (κ2) is 8.41. The maximum Gasteiger partial charge on any atom is 0.325 e. The fourth-order valence-electron chi connectivity index (χ4n) is 4.39. The molecule has 1 saturated heterocycles. The van der Waals surface area contributed by atoms with Crippen LogP contribution in [-0.2, 0) is 9.59 Å². The number of hydrogen-bond donors (Lipinski definition) is 2. The van der Waals surface area contributed by atoms with Gasteiger partial charge in [-0.05, 0) is 55.9 Å². The first-order valence-corrected chi connectivity index (χ1v) is 11.4. The van der Waals surface area contributed by atoms with Gasteiger partial charge in [0.25, 0.3) is 5.91 Å². The number of pyridine rings is 1. The second-order valence-corrected chi connectivity index (χ2v) is 9.20. The van der Waals surface area contributed by atoms with Crippen molar-refractivity contribution in [3.63, 3.8) is 0 Å². The number of rotatable bonds is 6. The van der Waals surface area contributed by atoms with Crippen molar-refractivity contribution in [1.82, 2.24) is 15.2 Å². The Labute approximate surface area is 198 Å². The molecule has 2 fully saturated rings. The highest BCUT2D eigenvalue weighted by atomic mass is 16.2. The summed E-state index contributed by atoms with van der Waals surface area (Å²) in [5, 5.41) is 5.56. The SMILES string of the molecule is Cc1ccc(-c2cc(NC(=O)CN3C(=O)NC(C)(C4CC4)C3=O)nc(-c3ccccc3)c2)cc1. The van der Waals surface area contributed by atoms with E-state index in [1.165, 1.54) is 0 Å². The molecular formula is C27H26N4O3. The highest BCUT2D eigenvalue weighted by molar-refractivity contribution is 6.10. The summed E-state index contributed by atoms with van der Waals surface area (Å²) in [6.07, 6.45) is 1.81. The van der Waals surface area contributed by atoms with Crippen LogP contribution in [0.1, 0.15) is 25.3 Å². The minimum atomic E-state index is -0.915. The standard InChI is InChI=1S/C27H26N4O3/c1-17-8-10-18(11-9-17)20-14-22(19-6-4-3-5-7-19)28-23(15-20)29-24(32)16-31-25(33)27(2,21-12-13-21)30-26(31)34/h3-11,14-15,21H,12-13,16H2,1-2H3,(H,30,34)(H,28,29,32). The molecule has 7 heteroatoms. The third kappa shape index (κ3) is 4.17. The lowest BCUT2D eigenvalue weighted by Gasteiger charge is -2.20. The lowest BCUT2D eigenvalue weighted by Crippen LogP contribution is -2.46. The molecule has 2 heterocycles. The zero-order valence-corrected chi connectivity index (χ0v) is 19.2. The molecule has 4 amide bonds. The average molecular weight is 455 g/mol. The highest BCUT2D eigenvalue weighted by Gasteiger charge is 2.56. The van der Waals surface area contributed by atoms with E-state index >= 15 is 0 Å². The number of nitrogens with zero attached hydrogens (tertiary/aromatic N) is 2. The summed E-state index contributed by atoms with van der Waals surface area (Å²) in [6.45, 7) is 3.41. The lowest BCUT2D eigenvalue weighted by atomic mass is 9.96. The molecule has 1 aliphatic heterocycles. The van der Waals surface area contributed by atoms with Crippen LogP contribution in [0, 0.1) is 12.8 Å². The van der Waals surface area contributed by atoms with E-state index in [-0.39, 0.29) is 18.4 Å². The third-order valence-electron chi connectivity index (χ3n) is 6.54. The largest absolute Gasteiger partial charge is 0.325 e. The van der Waals surface area contributed by atoms with Crippen LogP contribution in [0.4, 0.5) is 10.6 Å². The molecule has 2 N–H and O–H groups in total. The van der Waals surface area contributed by atoms with Crippen molar-refractivity contribution in [3.05, 3.63) is 72.3 Å². The molecule has 2 aromatic carbocycles. The quantitative estimate of drug-likeness (QED) is 0.541. The zero-order chi connectivity index (χ0) is 23.9. The Hall–Kier alpha value is -4.00. The summed E-state index contributed by atoms with van der Waals surface area (Å²) in [7, 11) is 0. The first kappa shape index (κ1) is 21.8. The maximum absolute atomic E-state index is 12.9. The van der Waals surface area contributed by atoms with E-state index in [0.29, 0.717) is 11.5 Å². The zero-order valence-electron chi connectivity index (χ0n) is 19.2. The number of nitrogens with one attached hydrogen (secondary N) is 2. The first-order valence-electron chi connectivity index (χ1n) is 11.4. The van der Waals surface area contributed by atoms with E-state index in [1.54, 1.807) is 13.0 Å². The van der Waals surface area contributed by atoms with Gasteiger partial charge in [0.2, 0.25) is 5.91 Å². The van der Waals surface area contributed by atoms with Gasteiger partial charge in [0.1, 0.15) is 17.9 Å². The number of amides is 4. The van der Waals surface area contributed by atoms with Crippen LogP contribution >= 0.6 is 0 Å². The molecule has 0 spiro atoms. The fraction of sp³-hybridized carbons (Fsp3) is 0.259. The van der Waals surface area contributed by atoms with E-state index in [9.17, 15) is 14.4 Å². The Morgan fingerprint density at radius 2 is 1.74 bits per heavy atom. The van der Waals surface area contributed by atoms with E-state index in [0.717, 1.165) is 40.0 Å². The number of benzene rings is 2. The third-order valence-corrected chi connectivity index (χ3v) is 6.54.